The van der Waals surface area contributed by atoms with E-state index >= 15 is 0 Å². The summed E-state index contributed by atoms with van der Waals surface area (Å²) < 4.78 is 6.79. The minimum Gasteiger partial charge on any atom is -0.376 e. The van der Waals surface area contributed by atoms with E-state index in [1.54, 1.807) is 0 Å². The van der Waals surface area contributed by atoms with Crippen molar-refractivity contribution in [2.45, 2.75) is 24.9 Å². The summed E-state index contributed by atoms with van der Waals surface area (Å²) in [5.41, 5.74) is 3.30. The van der Waals surface area contributed by atoms with Gasteiger partial charge in [0.15, 0.2) is 0 Å². The number of hydrogen-bond donors (Lipinski definition) is 0. The van der Waals surface area contributed by atoms with Crippen molar-refractivity contribution < 1.29 is 4.74 Å². The highest BCUT2D eigenvalue weighted by atomic mass is 79.9. The predicted octanol–water partition coefficient (Wildman–Crippen LogP) is 3.01. The van der Waals surface area contributed by atoms with Gasteiger partial charge in [0.2, 0.25) is 0 Å². The predicted molar refractivity (Wildman–Crippen MR) is 54.7 cm³/mol. The third kappa shape index (κ3) is 1.16. The maximum absolute atomic E-state index is 5.60. The summed E-state index contributed by atoms with van der Waals surface area (Å²) in [6, 6.07) is 6.55. The van der Waals surface area contributed by atoms with E-state index < -0.39 is 0 Å². The maximum Gasteiger partial charge on any atom is 0.0720 e. The van der Waals surface area contributed by atoms with Crippen molar-refractivity contribution in [3.05, 3.63) is 33.8 Å². The van der Waals surface area contributed by atoms with E-state index in [1.807, 2.05) is 0 Å². The van der Waals surface area contributed by atoms with Crippen LogP contribution in [0.4, 0.5) is 0 Å². The van der Waals surface area contributed by atoms with Gasteiger partial charge in [0.25, 0.3) is 0 Å². The van der Waals surface area contributed by atoms with Gasteiger partial charge in [-0.3, -0.25) is 0 Å². The molecule has 1 aromatic carbocycles. The average molecular weight is 239 g/mol. The zero-order chi connectivity index (χ0) is 8.89. The largest absolute Gasteiger partial charge is 0.376 e. The van der Waals surface area contributed by atoms with Crippen LogP contribution in [-0.4, -0.2) is 6.61 Å². The van der Waals surface area contributed by atoms with Crippen molar-refractivity contribution in [1.29, 1.82) is 0 Å². The molecule has 0 atom stereocenters. The molecule has 1 aliphatic carbocycles. The van der Waals surface area contributed by atoms with Crippen LogP contribution in [0.25, 0.3) is 0 Å². The smallest absolute Gasteiger partial charge is 0.0720 e. The monoisotopic (exact) mass is 238 g/mol. The Kier molecular flexibility index (Phi) is 1.59. The summed E-state index contributed by atoms with van der Waals surface area (Å²) in [4.78, 5) is 0. The molecule has 1 saturated carbocycles. The molecule has 0 N–H and O–H groups in total. The Hall–Kier alpha value is -0.340. The van der Waals surface area contributed by atoms with Crippen LogP contribution in [0.15, 0.2) is 22.7 Å². The zero-order valence-corrected chi connectivity index (χ0v) is 8.93. The molecule has 13 heavy (non-hydrogen) atoms. The Morgan fingerprint density at radius 3 is 2.92 bits per heavy atom. The van der Waals surface area contributed by atoms with Crippen molar-refractivity contribution in [2.24, 2.45) is 0 Å². The van der Waals surface area contributed by atoms with Crippen molar-refractivity contribution in [3.8, 4) is 0 Å². The third-order valence-electron chi connectivity index (χ3n) is 3.13. The first-order chi connectivity index (χ1) is 6.30. The van der Waals surface area contributed by atoms with Gasteiger partial charge in [0.05, 0.1) is 13.2 Å². The van der Waals surface area contributed by atoms with Crippen LogP contribution in [0.3, 0.4) is 0 Å². The van der Waals surface area contributed by atoms with Gasteiger partial charge >= 0.3 is 0 Å². The summed E-state index contributed by atoms with van der Waals surface area (Å²) >= 11 is 3.53. The zero-order valence-electron chi connectivity index (χ0n) is 7.35. The maximum atomic E-state index is 5.60. The van der Waals surface area contributed by atoms with E-state index in [0.29, 0.717) is 5.41 Å². The second-order valence-electron chi connectivity index (χ2n) is 4.07. The van der Waals surface area contributed by atoms with E-state index in [0.717, 1.165) is 13.2 Å². The molecular formula is C11H11BrO. The highest BCUT2D eigenvalue weighted by Gasteiger charge is 2.47. The molecule has 1 nitrogen and oxygen atoms in total. The average Bonchev–Trinajstić information content (AvgIpc) is 2.88. The third-order valence-corrected chi connectivity index (χ3v) is 3.63. The van der Waals surface area contributed by atoms with Gasteiger partial charge in [0, 0.05) is 9.89 Å². The Morgan fingerprint density at radius 1 is 1.31 bits per heavy atom. The molecule has 1 aliphatic heterocycles. The van der Waals surface area contributed by atoms with E-state index in [9.17, 15) is 0 Å². The molecule has 2 heteroatoms. The molecule has 2 aliphatic rings. The molecule has 68 valence electrons. The first-order valence-electron chi connectivity index (χ1n) is 4.67. The Bertz CT molecular complexity index is 355. The van der Waals surface area contributed by atoms with Crippen LogP contribution in [0.1, 0.15) is 24.0 Å². The normalized spacial score (nSPS) is 22.8. The molecule has 3 rings (SSSR count). The molecule has 1 fully saturated rings. The minimum absolute atomic E-state index is 0.400. The second-order valence-corrected chi connectivity index (χ2v) is 4.99. The first kappa shape index (κ1) is 8.01. The lowest BCUT2D eigenvalue weighted by molar-refractivity contribution is 0.0838. The number of ether oxygens (including phenoxy) is 1. The quantitative estimate of drug-likeness (QED) is 0.676. The molecular weight excluding hydrogens is 228 g/mol. The highest BCUT2D eigenvalue weighted by Crippen LogP contribution is 2.52. The minimum atomic E-state index is 0.400. The number of fused-ring (bicyclic) bond motifs is 2. The summed E-state index contributed by atoms with van der Waals surface area (Å²) in [5, 5.41) is 0. The topological polar surface area (TPSA) is 9.23 Å². The fourth-order valence-corrected chi connectivity index (χ4v) is 2.53. The Balaban J connectivity index is 2.16. The van der Waals surface area contributed by atoms with Gasteiger partial charge in [0.1, 0.15) is 0 Å². The van der Waals surface area contributed by atoms with Crippen LogP contribution >= 0.6 is 15.9 Å². The summed E-state index contributed by atoms with van der Waals surface area (Å²) in [5.74, 6) is 0. The SMILES string of the molecule is Brc1ccc2c(c1)C1(CC1)COC2. The summed E-state index contributed by atoms with van der Waals surface area (Å²) in [6.07, 6.45) is 2.60. The number of hydrogen-bond acceptors (Lipinski definition) is 1. The van der Waals surface area contributed by atoms with Crippen molar-refractivity contribution >= 4 is 15.9 Å². The molecule has 1 spiro atoms. The lowest BCUT2D eigenvalue weighted by Gasteiger charge is -2.25. The van der Waals surface area contributed by atoms with Gasteiger partial charge in [-0.05, 0) is 36.1 Å². The molecule has 0 amide bonds. The van der Waals surface area contributed by atoms with Crippen LogP contribution in [0.5, 0.6) is 0 Å². The molecule has 0 bridgehead atoms. The molecule has 1 heterocycles. The molecule has 0 radical (unpaired) electrons. The number of halogens is 1. The fraction of sp³-hybridized carbons (Fsp3) is 0.455. The van der Waals surface area contributed by atoms with Gasteiger partial charge in [-0.25, -0.2) is 0 Å². The van der Waals surface area contributed by atoms with Crippen molar-refractivity contribution in [1.82, 2.24) is 0 Å². The molecule has 0 aromatic heterocycles. The van der Waals surface area contributed by atoms with Gasteiger partial charge in [-0.2, -0.15) is 0 Å². The van der Waals surface area contributed by atoms with E-state index in [-0.39, 0.29) is 0 Å². The Labute approximate surface area is 86.2 Å². The molecule has 0 saturated heterocycles. The lowest BCUT2D eigenvalue weighted by Crippen LogP contribution is -2.22. The molecule has 1 aromatic rings. The van der Waals surface area contributed by atoms with E-state index in [2.05, 4.69) is 34.1 Å². The molecule has 0 unspecified atom stereocenters. The number of rotatable bonds is 0. The summed E-state index contributed by atoms with van der Waals surface area (Å²) in [7, 11) is 0. The first-order valence-corrected chi connectivity index (χ1v) is 5.46. The second kappa shape index (κ2) is 2.58. The highest BCUT2D eigenvalue weighted by molar-refractivity contribution is 9.10. The van der Waals surface area contributed by atoms with Gasteiger partial charge in [-0.15, -0.1) is 0 Å². The summed E-state index contributed by atoms with van der Waals surface area (Å²) in [6.45, 7) is 1.72. The lowest BCUT2D eigenvalue weighted by atomic mass is 9.90. The van der Waals surface area contributed by atoms with Crippen LogP contribution in [-0.2, 0) is 16.8 Å². The van der Waals surface area contributed by atoms with Gasteiger partial charge in [-0.1, -0.05) is 22.0 Å². The standard InChI is InChI=1S/C11H11BrO/c12-9-2-1-8-6-13-7-11(3-4-11)10(8)5-9/h1-2,5H,3-4,6-7H2. The van der Waals surface area contributed by atoms with E-state index in [4.69, 9.17) is 4.74 Å². The van der Waals surface area contributed by atoms with Crippen LogP contribution in [0, 0.1) is 0 Å². The van der Waals surface area contributed by atoms with Crippen LogP contribution < -0.4 is 0 Å². The fourth-order valence-electron chi connectivity index (χ4n) is 2.17. The number of benzene rings is 1. The van der Waals surface area contributed by atoms with Crippen molar-refractivity contribution in [3.63, 3.8) is 0 Å². The Morgan fingerprint density at radius 2 is 2.15 bits per heavy atom. The van der Waals surface area contributed by atoms with Gasteiger partial charge < -0.3 is 4.74 Å². The van der Waals surface area contributed by atoms with Crippen molar-refractivity contribution in [2.75, 3.05) is 6.61 Å². The van der Waals surface area contributed by atoms with Crippen LogP contribution in [0.2, 0.25) is 0 Å². The van der Waals surface area contributed by atoms with E-state index in [1.165, 1.54) is 28.4 Å².